The van der Waals surface area contributed by atoms with Crippen LogP contribution in [0.2, 0.25) is 0 Å². The van der Waals surface area contributed by atoms with Crippen molar-refractivity contribution < 1.29 is 28.6 Å². The van der Waals surface area contributed by atoms with Crippen molar-refractivity contribution in [2.45, 2.75) is 26.5 Å². The van der Waals surface area contributed by atoms with E-state index in [9.17, 15) is 14.4 Å². The molecule has 1 aromatic carbocycles. The number of benzene rings is 1. The van der Waals surface area contributed by atoms with Gasteiger partial charge in [0.25, 0.3) is 5.91 Å². The molecule has 0 aliphatic carbocycles. The minimum absolute atomic E-state index is 0.110. The van der Waals surface area contributed by atoms with E-state index < -0.39 is 18.7 Å². The largest absolute Gasteiger partial charge is 0.493 e. The van der Waals surface area contributed by atoms with Crippen molar-refractivity contribution in [1.29, 1.82) is 0 Å². The number of thiophene rings is 1. The lowest BCUT2D eigenvalue weighted by molar-refractivity contribution is -0.156. The summed E-state index contributed by atoms with van der Waals surface area (Å²) in [6, 6.07) is 8.44. The Hall–Kier alpha value is -2.87. The molecule has 144 valence electrons. The first-order valence-corrected chi connectivity index (χ1v) is 9.10. The highest BCUT2D eigenvalue weighted by Gasteiger charge is 2.18. The molecular weight excluding hydrogens is 370 g/mol. The van der Waals surface area contributed by atoms with Crippen LogP contribution in [0.25, 0.3) is 0 Å². The number of ether oxygens (including phenoxy) is 3. The van der Waals surface area contributed by atoms with Crippen molar-refractivity contribution in [3.05, 3.63) is 46.2 Å². The predicted molar refractivity (Wildman–Crippen MR) is 100 cm³/mol. The van der Waals surface area contributed by atoms with Gasteiger partial charge >= 0.3 is 5.97 Å². The van der Waals surface area contributed by atoms with Gasteiger partial charge < -0.3 is 19.5 Å². The third kappa shape index (κ3) is 6.10. The highest BCUT2D eigenvalue weighted by Crippen LogP contribution is 2.28. The summed E-state index contributed by atoms with van der Waals surface area (Å²) in [6.45, 7) is 2.92. The molecule has 0 saturated heterocycles. The number of methoxy groups -OCH3 is 1. The van der Waals surface area contributed by atoms with Crippen LogP contribution in [-0.4, -0.2) is 37.5 Å². The van der Waals surface area contributed by atoms with Crippen LogP contribution >= 0.6 is 11.3 Å². The number of carbonyl (C=O) groups is 3. The molecule has 1 aromatic heterocycles. The van der Waals surface area contributed by atoms with Gasteiger partial charge in [0.15, 0.2) is 30.0 Å². The molecule has 1 amide bonds. The van der Waals surface area contributed by atoms with E-state index in [0.717, 1.165) is 4.88 Å². The summed E-state index contributed by atoms with van der Waals surface area (Å²) in [5.41, 5.74) is 0.470. The highest BCUT2D eigenvalue weighted by molar-refractivity contribution is 7.09. The predicted octanol–water partition coefficient (Wildman–Crippen LogP) is 2.59. The number of rotatable bonds is 9. The van der Waals surface area contributed by atoms with Gasteiger partial charge in [-0.25, -0.2) is 4.79 Å². The maximum atomic E-state index is 12.0. The number of ketones is 1. The fourth-order valence-corrected chi connectivity index (χ4v) is 2.80. The van der Waals surface area contributed by atoms with Gasteiger partial charge in [0.05, 0.1) is 13.7 Å². The fraction of sp³-hybridized carbons (Fsp3) is 0.316. The average Bonchev–Trinajstić information content (AvgIpc) is 3.17. The molecule has 2 rings (SSSR count). The Morgan fingerprint density at radius 3 is 2.59 bits per heavy atom. The minimum Gasteiger partial charge on any atom is -0.493 e. The van der Waals surface area contributed by atoms with Crippen molar-refractivity contribution in [2.24, 2.45) is 0 Å². The summed E-state index contributed by atoms with van der Waals surface area (Å²) in [7, 11) is 1.43. The smallest absolute Gasteiger partial charge is 0.344 e. The maximum Gasteiger partial charge on any atom is 0.344 e. The van der Waals surface area contributed by atoms with Gasteiger partial charge in [-0.3, -0.25) is 9.59 Å². The average molecular weight is 391 g/mol. The molecule has 1 heterocycles. The Labute approximate surface area is 161 Å². The second-order valence-electron chi connectivity index (χ2n) is 5.64. The van der Waals surface area contributed by atoms with Crippen LogP contribution < -0.4 is 14.8 Å². The van der Waals surface area contributed by atoms with Crippen LogP contribution in [0.15, 0.2) is 35.7 Å². The second-order valence-corrected chi connectivity index (χ2v) is 6.67. The summed E-state index contributed by atoms with van der Waals surface area (Å²) < 4.78 is 15.6. The molecule has 0 radical (unpaired) electrons. The lowest BCUT2D eigenvalue weighted by Gasteiger charge is -2.14. The zero-order valence-electron chi connectivity index (χ0n) is 15.3. The van der Waals surface area contributed by atoms with E-state index >= 15 is 0 Å². The van der Waals surface area contributed by atoms with Crippen molar-refractivity contribution in [2.75, 3.05) is 13.7 Å². The molecule has 0 fully saturated rings. The van der Waals surface area contributed by atoms with E-state index in [4.69, 9.17) is 14.2 Å². The third-order valence-electron chi connectivity index (χ3n) is 3.61. The van der Waals surface area contributed by atoms with Crippen LogP contribution in [0.4, 0.5) is 0 Å². The van der Waals surface area contributed by atoms with Crippen molar-refractivity contribution in [1.82, 2.24) is 5.32 Å². The van der Waals surface area contributed by atoms with E-state index in [2.05, 4.69) is 5.32 Å². The number of amides is 1. The minimum atomic E-state index is -0.942. The first-order chi connectivity index (χ1) is 12.9. The summed E-state index contributed by atoms with van der Waals surface area (Å²) >= 11 is 1.53. The number of esters is 1. The first kappa shape index (κ1) is 20.4. The van der Waals surface area contributed by atoms with Gasteiger partial charge in [0.1, 0.15) is 0 Å². The summed E-state index contributed by atoms with van der Waals surface area (Å²) in [5.74, 6) is -0.556. The molecule has 7 nitrogen and oxygen atoms in total. The van der Waals surface area contributed by atoms with E-state index in [1.54, 1.807) is 12.1 Å². The Kier molecular flexibility index (Phi) is 7.36. The molecule has 0 saturated carbocycles. The number of Topliss-reactive ketones (excluding diaryl/α,β-unsaturated/α-hetero) is 1. The SMILES string of the molecule is COc1cc(C(C)=O)ccc1OCC(=O)O[C@@H](C)C(=O)NCc1cccs1. The quantitative estimate of drug-likeness (QED) is 0.522. The van der Waals surface area contributed by atoms with Gasteiger partial charge in [-0.1, -0.05) is 6.07 Å². The Morgan fingerprint density at radius 2 is 1.96 bits per heavy atom. The molecule has 27 heavy (non-hydrogen) atoms. The fourth-order valence-electron chi connectivity index (χ4n) is 2.16. The molecule has 0 aliphatic heterocycles. The Balaban J connectivity index is 1.83. The second kappa shape index (κ2) is 9.72. The van der Waals surface area contributed by atoms with Crippen molar-refractivity contribution in [3.8, 4) is 11.5 Å². The zero-order chi connectivity index (χ0) is 19.8. The lowest BCUT2D eigenvalue weighted by Crippen LogP contribution is -2.36. The monoisotopic (exact) mass is 391 g/mol. The maximum absolute atomic E-state index is 12.0. The van der Waals surface area contributed by atoms with Crippen molar-refractivity contribution >= 4 is 29.0 Å². The molecule has 0 aliphatic rings. The molecule has 0 bridgehead atoms. The van der Waals surface area contributed by atoms with Crippen LogP contribution in [0, 0.1) is 0 Å². The van der Waals surface area contributed by atoms with Crippen LogP contribution in [0.5, 0.6) is 11.5 Å². The first-order valence-electron chi connectivity index (χ1n) is 8.22. The standard InChI is InChI=1S/C19H21NO6S/c1-12(21)14-6-7-16(17(9-14)24-3)25-11-18(22)26-13(2)19(23)20-10-15-5-4-8-27-15/h4-9,13H,10-11H2,1-3H3,(H,20,23)/t13-/m0/s1. The molecule has 0 unspecified atom stereocenters. The Morgan fingerprint density at radius 1 is 1.19 bits per heavy atom. The van der Waals surface area contributed by atoms with Crippen LogP contribution in [0.3, 0.4) is 0 Å². The van der Waals surface area contributed by atoms with Crippen molar-refractivity contribution in [3.63, 3.8) is 0 Å². The van der Waals surface area contributed by atoms with Gasteiger partial charge in [-0.2, -0.15) is 0 Å². The number of nitrogens with one attached hydrogen (secondary N) is 1. The third-order valence-corrected chi connectivity index (χ3v) is 4.49. The molecule has 0 spiro atoms. The van der Waals surface area contributed by atoms with Gasteiger partial charge in [-0.15, -0.1) is 11.3 Å². The van der Waals surface area contributed by atoms with Gasteiger partial charge in [0.2, 0.25) is 0 Å². The number of hydrogen-bond acceptors (Lipinski definition) is 7. The molecule has 1 N–H and O–H groups in total. The zero-order valence-corrected chi connectivity index (χ0v) is 16.1. The molecule has 2 aromatic rings. The normalized spacial score (nSPS) is 11.4. The van der Waals surface area contributed by atoms with Crippen LogP contribution in [0.1, 0.15) is 29.1 Å². The lowest BCUT2D eigenvalue weighted by atomic mass is 10.1. The van der Waals surface area contributed by atoms with Gasteiger partial charge in [-0.05, 0) is 43.5 Å². The summed E-state index contributed by atoms with van der Waals surface area (Å²) in [4.78, 5) is 36.3. The molecular formula is C19H21NO6S. The van der Waals surface area contributed by atoms with Crippen LogP contribution in [-0.2, 0) is 20.9 Å². The van der Waals surface area contributed by atoms with Gasteiger partial charge in [0, 0.05) is 10.4 Å². The summed E-state index contributed by atoms with van der Waals surface area (Å²) in [6.07, 6.45) is -0.942. The Bertz CT molecular complexity index is 803. The number of carbonyl (C=O) groups excluding carboxylic acids is 3. The van der Waals surface area contributed by atoms with E-state index in [-0.39, 0.29) is 11.7 Å². The highest BCUT2D eigenvalue weighted by atomic mass is 32.1. The molecule has 1 atom stereocenters. The van der Waals surface area contributed by atoms with E-state index in [1.165, 1.54) is 38.4 Å². The topological polar surface area (TPSA) is 90.9 Å². The number of hydrogen-bond donors (Lipinski definition) is 1. The summed E-state index contributed by atoms with van der Waals surface area (Å²) in [5, 5.41) is 4.62. The van der Waals surface area contributed by atoms with E-state index in [1.807, 2.05) is 17.5 Å². The molecule has 8 heteroatoms. The van der Waals surface area contributed by atoms with E-state index in [0.29, 0.717) is 23.6 Å².